The smallest absolute Gasteiger partial charge is 0.293 e. The maximum atomic E-state index is 11.1. The van der Waals surface area contributed by atoms with Gasteiger partial charge in [-0.1, -0.05) is 0 Å². The molecule has 0 aliphatic rings. The molecule has 2 aromatic rings. The molecule has 0 radical (unpaired) electrons. The van der Waals surface area contributed by atoms with Crippen molar-refractivity contribution in [3.8, 4) is 0 Å². The van der Waals surface area contributed by atoms with Crippen molar-refractivity contribution < 1.29 is 4.92 Å². The first-order valence-electron chi connectivity index (χ1n) is 6.21. The molecule has 0 saturated heterocycles. The van der Waals surface area contributed by atoms with Crippen molar-refractivity contribution in [1.29, 1.82) is 0 Å². The Morgan fingerprint density at radius 1 is 1.40 bits per heavy atom. The lowest BCUT2D eigenvalue weighted by Crippen LogP contribution is -2.18. The molecule has 4 nitrogen and oxygen atoms in total. The Morgan fingerprint density at radius 2 is 2.15 bits per heavy atom. The molecule has 0 aliphatic carbocycles. The number of thiophene rings is 1. The number of nitrogens with zero attached hydrogens (tertiary/aromatic N) is 1. The summed E-state index contributed by atoms with van der Waals surface area (Å²) >= 11 is 3.84. The van der Waals surface area contributed by atoms with Crippen molar-refractivity contribution in [1.82, 2.24) is 0 Å². The molecule has 106 valence electrons. The van der Waals surface area contributed by atoms with Crippen LogP contribution in [0.25, 0.3) is 0 Å². The van der Waals surface area contributed by atoms with Gasteiger partial charge in [0.25, 0.3) is 5.69 Å². The lowest BCUT2D eigenvalue weighted by molar-refractivity contribution is -0.384. The monoisotopic (exact) mass is 402 g/mol. The summed E-state index contributed by atoms with van der Waals surface area (Å²) in [6.07, 6.45) is 0.863. The van der Waals surface area contributed by atoms with E-state index in [1.807, 2.05) is 13.0 Å². The van der Waals surface area contributed by atoms with Gasteiger partial charge in [0, 0.05) is 31.9 Å². The number of nitrogens with one attached hydrogen (secondary N) is 1. The molecule has 2 rings (SSSR count). The van der Waals surface area contributed by atoms with E-state index in [-0.39, 0.29) is 16.7 Å². The highest BCUT2D eigenvalue weighted by molar-refractivity contribution is 14.1. The van der Waals surface area contributed by atoms with Crippen molar-refractivity contribution in [3.63, 3.8) is 0 Å². The van der Waals surface area contributed by atoms with Crippen LogP contribution in [0.2, 0.25) is 0 Å². The van der Waals surface area contributed by atoms with Gasteiger partial charge in [-0.05, 0) is 60.7 Å². The first-order valence-corrected chi connectivity index (χ1v) is 8.11. The van der Waals surface area contributed by atoms with Gasteiger partial charge in [-0.3, -0.25) is 10.1 Å². The second-order valence-corrected chi connectivity index (χ2v) is 7.30. The fourth-order valence-corrected chi connectivity index (χ4v) is 3.48. The fourth-order valence-electron chi connectivity index (χ4n) is 1.99. The molecule has 1 N–H and O–H groups in total. The minimum Gasteiger partial charge on any atom is -0.377 e. The van der Waals surface area contributed by atoms with E-state index in [1.54, 1.807) is 23.5 Å². The molecule has 1 aromatic heterocycles. The average molecular weight is 402 g/mol. The predicted octanol–water partition coefficient (Wildman–Crippen LogP) is 4.61. The van der Waals surface area contributed by atoms with Crippen molar-refractivity contribution >= 4 is 45.3 Å². The molecule has 1 aromatic carbocycles. The largest absolute Gasteiger partial charge is 0.377 e. The van der Waals surface area contributed by atoms with Crippen LogP contribution in [0.5, 0.6) is 0 Å². The Balaban J connectivity index is 2.11. The predicted molar refractivity (Wildman–Crippen MR) is 91.7 cm³/mol. The number of aryl methyl sites for hydroxylation is 1. The molecule has 1 atom stereocenters. The van der Waals surface area contributed by atoms with Crippen LogP contribution in [0, 0.1) is 20.6 Å². The lowest BCUT2D eigenvalue weighted by Gasteiger charge is -2.14. The third-order valence-electron chi connectivity index (χ3n) is 2.86. The molecule has 0 aliphatic heterocycles. The molecule has 1 unspecified atom stereocenters. The molecular formula is C14H15IN2O2S. The van der Waals surface area contributed by atoms with E-state index in [1.165, 1.54) is 9.75 Å². The first kappa shape index (κ1) is 15.2. The van der Waals surface area contributed by atoms with E-state index >= 15 is 0 Å². The second-order valence-electron chi connectivity index (χ2n) is 4.68. The van der Waals surface area contributed by atoms with Gasteiger partial charge in [0.1, 0.15) is 5.69 Å². The third kappa shape index (κ3) is 3.92. The fraction of sp³-hybridized carbons (Fsp3) is 0.286. The summed E-state index contributed by atoms with van der Waals surface area (Å²) in [5.41, 5.74) is 0.710. The summed E-state index contributed by atoms with van der Waals surface area (Å²) in [4.78, 5) is 13.3. The van der Waals surface area contributed by atoms with Gasteiger partial charge >= 0.3 is 0 Å². The number of benzene rings is 1. The average Bonchev–Trinajstić information content (AvgIpc) is 2.76. The number of anilines is 1. The zero-order valence-corrected chi connectivity index (χ0v) is 14.2. The van der Waals surface area contributed by atoms with E-state index in [9.17, 15) is 10.1 Å². The Labute approximate surface area is 135 Å². The molecule has 1 heterocycles. The Kier molecular flexibility index (Phi) is 4.98. The van der Waals surface area contributed by atoms with Crippen LogP contribution >= 0.6 is 33.9 Å². The highest BCUT2D eigenvalue weighted by Gasteiger charge is 2.16. The number of rotatable bonds is 5. The summed E-state index contributed by atoms with van der Waals surface area (Å²) in [6, 6.07) is 9.59. The van der Waals surface area contributed by atoms with Crippen molar-refractivity contribution in [2.75, 3.05) is 5.32 Å². The van der Waals surface area contributed by atoms with Gasteiger partial charge in [-0.25, -0.2) is 0 Å². The summed E-state index contributed by atoms with van der Waals surface area (Å²) in [6.45, 7) is 4.12. The topological polar surface area (TPSA) is 55.2 Å². The van der Waals surface area contributed by atoms with E-state index < -0.39 is 0 Å². The quantitative estimate of drug-likeness (QED) is 0.452. The molecule has 0 spiro atoms. The number of hydrogen-bond acceptors (Lipinski definition) is 4. The van der Waals surface area contributed by atoms with Crippen LogP contribution < -0.4 is 5.32 Å². The van der Waals surface area contributed by atoms with Crippen LogP contribution in [0.3, 0.4) is 0 Å². The number of halogens is 1. The van der Waals surface area contributed by atoms with Crippen molar-refractivity contribution in [2.45, 2.75) is 26.3 Å². The maximum absolute atomic E-state index is 11.1. The van der Waals surface area contributed by atoms with Crippen molar-refractivity contribution in [3.05, 3.63) is 53.8 Å². The summed E-state index contributed by atoms with van der Waals surface area (Å²) in [5.74, 6) is 0. The van der Waals surface area contributed by atoms with E-state index in [2.05, 4.69) is 47.0 Å². The van der Waals surface area contributed by atoms with Crippen LogP contribution in [0.15, 0.2) is 30.3 Å². The van der Waals surface area contributed by atoms with Gasteiger partial charge in [0.05, 0.1) is 4.92 Å². The van der Waals surface area contributed by atoms with Gasteiger partial charge in [-0.15, -0.1) is 11.3 Å². The standard InChI is InChI=1S/C14H15IN2O2S/c1-9(7-12-5-3-10(2)20-12)16-13-6-4-11(15)8-14(13)17(18)19/h3-6,8-9,16H,7H2,1-2H3. The summed E-state index contributed by atoms with van der Waals surface area (Å²) in [5, 5.41) is 14.3. The van der Waals surface area contributed by atoms with Gasteiger partial charge < -0.3 is 5.32 Å². The zero-order chi connectivity index (χ0) is 14.7. The van der Waals surface area contributed by atoms with Crippen LogP contribution in [-0.4, -0.2) is 11.0 Å². The Morgan fingerprint density at radius 3 is 2.75 bits per heavy atom. The maximum Gasteiger partial charge on any atom is 0.293 e. The van der Waals surface area contributed by atoms with Crippen LogP contribution in [0.1, 0.15) is 16.7 Å². The van der Waals surface area contributed by atoms with Crippen molar-refractivity contribution in [2.24, 2.45) is 0 Å². The third-order valence-corrected chi connectivity index (χ3v) is 4.56. The van der Waals surface area contributed by atoms with Crippen LogP contribution in [0.4, 0.5) is 11.4 Å². The number of nitro groups is 1. The molecule has 0 saturated carbocycles. The Bertz CT molecular complexity index is 627. The minimum atomic E-state index is -0.341. The van der Waals surface area contributed by atoms with Gasteiger partial charge in [0.15, 0.2) is 0 Å². The molecular weight excluding hydrogens is 387 g/mol. The highest BCUT2D eigenvalue weighted by Crippen LogP contribution is 2.27. The first-order chi connectivity index (χ1) is 9.45. The SMILES string of the molecule is Cc1ccc(CC(C)Nc2ccc(I)cc2[N+](=O)[O-])s1. The van der Waals surface area contributed by atoms with Gasteiger partial charge in [-0.2, -0.15) is 0 Å². The van der Waals surface area contributed by atoms with E-state index in [0.717, 1.165) is 9.99 Å². The Hall–Kier alpha value is -1.15. The van der Waals surface area contributed by atoms with Crippen LogP contribution in [-0.2, 0) is 6.42 Å². The van der Waals surface area contributed by atoms with Gasteiger partial charge in [0.2, 0.25) is 0 Å². The molecule has 0 bridgehead atoms. The molecule has 20 heavy (non-hydrogen) atoms. The molecule has 0 amide bonds. The normalized spacial score (nSPS) is 12.2. The van der Waals surface area contributed by atoms with E-state index in [4.69, 9.17) is 0 Å². The summed E-state index contributed by atoms with van der Waals surface area (Å²) < 4.78 is 0.862. The molecule has 6 heteroatoms. The molecule has 0 fully saturated rings. The number of nitro benzene ring substituents is 1. The zero-order valence-electron chi connectivity index (χ0n) is 11.2. The lowest BCUT2D eigenvalue weighted by atomic mass is 10.2. The summed E-state index contributed by atoms with van der Waals surface area (Å²) in [7, 11) is 0. The van der Waals surface area contributed by atoms with E-state index in [0.29, 0.717) is 5.69 Å². The number of hydrogen-bond donors (Lipinski definition) is 1. The minimum absolute atomic E-state index is 0.131. The highest BCUT2D eigenvalue weighted by atomic mass is 127. The second kappa shape index (κ2) is 6.53.